The maximum atomic E-state index is 13.0. The van der Waals surface area contributed by atoms with Gasteiger partial charge in [-0.25, -0.2) is 0 Å². The van der Waals surface area contributed by atoms with Gasteiger partial charge in [-0.2, -0.15) is 0 Å². The summed E-state index contributed by atoms with van der Waals surface area (Å²) in [4.78, 5) is 17.7. The van der Waals surface area contributed by atoms with Gasteiger partial charge < -0.3 is 15.6 Å². The molecule has 1 aliphatic carbocycles. The summed E-state index contributed by atoms with van der Waals surface area (Å²) in [5.74, 6) is 0.230. The van der Waals surface area contributed by atoms with Gasteiger partial charge in [0.1, 0.15) is 6.04 Å². The Kier molecular flexibility index (Phi) is 5.39. The van der Waals surface area contributed by atoms with Crippen molar-refractivity contribution in [2.75, 3.05) is 6.54 Å². The van der Waals surface area contributed by atoms with Crippen LogP contribution in [0.15, 0.2) is 78.3 Å². The highest BCUT2D eigenvalue weighted by Gasteiger charge is 2.29. The summed E-state index contributed by atoms with van der Waals surface area (Å²) >= 11 is 1.76. The van der Waals surface area contributed by atoms with Gasteiger partial charge in [-0.1, -0.05) is 54.6 Å². The highest BCUT2D eigenvalue weighted by atomic mass is 32.1. The standard InChI is InChI=1S/C25H25N3OS/c29-25(28-18-12-13-18)24(17-7-2-1-3-8-17)27-16-21(23-11-6-14-30-23)20-15-26-22-10-5-4-9-19(20)22/h1-11,14-15,18,21,24,26-27H,12-13,16H2,(H,28,29)/t21-,24-/m0/s1. The zero-order valence-electron chi connectivity index (χ0n) is 16.7. The van der Waals surface area contributed by atoms with Crippen molar-refractivity contribution in [1.29, 1.82) is 0 Å². The van der Waals surface area contributed by atoms with E-state index in [2.05, 4.69) is 63.6 Å². The van der Waals surface area contributed by atoms with Crippen LogP contribution in [0.1, 0.15) is 40.8 Å². The van der Waals surface area contributed by atoms with Gasteiger partial charge in [-0.3, -0.25) is 4.79 Å². The maximum Gasteiger partial charge on any atom is 0.241 e. The molecule has 0 saturated heterocycles. The fraction of sp³-hybridized carbons (Fsp3) is 0.240. The van der Waals surface area contributed by atoms with Gasteiger partial charge in [0.2, 0.25) is 5.91 Å². The largest absolute Gasteiger partial charge is 0.361 e. The van der Waals surface area contributed by atoms with E-state index in [-0.39, 0.29) is 17.9 Å². The number of carbonyl (C=O) groups excluding carboxylic acids is 1. The topological polar surface area (TPSA) is 56.9 Å². The number of thiophene rings is 1. The summed E-state index contributed by atoms with van der Waals surface area (Å²) in [5, 5.41) is 10.1. The van der Waals surface area contributed by atoms with Crippen LogP contribution in [-0.4, -0.2) is 23.5 Å². The molecule has 3 N–H and O–H groups in total. The van der Waals surface area contributed by atoms with Crippen LogP contribution >= 0.6 is 11.3 Å². The second-order valence-corrected chi connectivity index (χ2v) is 8.87. The number of amides is 1. The van der Waals surface area contributed by atoms with Gasteiger partial charge in [-0.05, 0) is 41.5 Å². The SMILES string of the molecule is O=C(NC1CC1)[C@@H](NC[C@H](c1cccs1)c1c[nH]c2ccccc12)c1ccccc1. The fourth-order valence-corrected chi connectivity index (χ4v) is 4.84. The van der Waals surface area contributed by atoms with Gasteiger partial charge >= 0.3 is 0 Å². The van der Waals surface area contributed by atoms with E-state index in [1.165, 1.54) is 15.8 Å². The monoisotopic (exact) mass is 415 g/mol. The van der Waals surface area contributed by atoms with Crippen molar-refractivity contribution < 1.29 is 4.79 Å². The van der Waals surface area contributed by atoms with E-state index < -0.39 is 0 Å². The summed E-state index contributed by atoms with van der Waals surface area (Å²) in [6.07, 6.45) is 4.28. The summed E-state index contributed by atoms with van der Waals surface area (Å²) < 4.78 is 0. The lowest BCUT2D eigenvalue weighted by Gasteiger charge is -2.23. The predicted octanol–water partition coefficient (Wildman–Crippen LogP) is 4.97. The van der Waals surface area contributed by atoms with Crippen molar-refractivity contribution in [2.45, 2.75) is 30.8 Å². The minimum absolute atomic E-state index is 0.0626. The molecule has 152 valence electrons. The van der Waals surface area contributed by atoms with Gasteiger partial charge in [0.05, 0.1) is 0 Å². The Morgan fingerprint density at radius 2 is 1.83 bits per heavy atom. The third kappa shape index (κ3) is 4.04. The molecule has 1 aliphatic rings. The first-order valence-electron chi connectivity index (χ1n) is 10.5. The number of benzene rings is 2. The van der Waals surface area contributed by atoms with Crippen LogP contribution in [0.2, 0.25) is 0 Å². The highest BCUT2D eigenvalue weighted by molar-refractivity contribution is 7.10. The molecule has 0 radical (unpaired) electrons. The number of aromatic nitrogens is 1. The van der Waals surface area contributed by atoms with Crippen LogP contribution in [-0.2, 0) is 4.79 Å². The summed E-state index contributed by atoms with van der Waals surface area (Å²) in [6, 6.07) is 22.7. The average Bonchev–Trinajstić information content (AvgIpc) is 3.26. The molecule has 1 fully saturated rings. The number of para-hydroxylation sites is 1. The molecule has 1 saturated carbocycles. The second kappa shape index (κ2) is 8.46. The Hall–Kier alpha value is -2.89. The zero-order chi connectivity index (χ0) is 20.3. The lowest BCUT2D eigenvalue weighted by Crippen LogP contribution is -2.40. The van der Waals surface area contributed by atoms with Crippen molar-refractivity contribution >= 4 is 28.1 Å². The van der Waals surface area contributed by atoms with Crippen LogP contribution in [0.3, 0.4) is 0 Å². The van der Waals surface area contributed by atoms with Crippen LogP contribution < -0.4 is 10.6 Å². The summed E-state index contributed by atoms with van der Waals surface area (Å²) in [7, 11) is 0. The van der Waals surface area contributed by atoms with Crippen molar-refractivity contribution in [3.8, 4) is 0 Å². The molecular formula is C25H25N3OS. The second-order valence-electron chi connectivity index (χ2n) is 7.89. The number of hydrogen-bond donors (Lipinski definition) is 3. The number of hydrogen-bond acceptors (Lipinski definition) is 3. The molecule has 0 spiro atoms. The molecule has 5 heteroatoms. The predicted molar refractivity (Wildman–Crippen MR) is 123 cm³/mol. The number of rotatable bonds is 8. The molecule has 0 aliphatic heterocycles. The van der Waals surface area contributed by atoms with Crippen molar-refractivity contribution in [3.05, 3.63) is 94.3 Å². The Balaban J connectivity index is 1.44. The van der Waals surface area contributed by atoms with E-state index in [0.717, 1.165) is 23.9 Å². The van der Waals surface area contributed by atoms with Gasteiger partial charge in [0.25, 0.3) is 0 Å². The smallest absolute Gasteiger partial charge is 0.241 e. The average molecular weight is 416 g/mol. The number of aromatic amines is 1. The molecule has 4 aromatic rings. The normalized spacial score (nSPS) is 15.7. The van der Waals surface area contributed by atoms with Crippen LogP contribution in [0, 0.1) is 0 Å². The van der Waals surface area contributed by atoms with Crippen molar-refractivity contribution in [1.82, 2.24) is 15.6 Å². The molecule has 2 atom stereocenters. The van der Waals surface area contributed by atoms with Crippen molar-refractivity contribution in [3.63, 3.8) is 0 Å². The molecule has 30 heavy (non-hydrogen) atoms. The third-order valence-corrected chi connectivity index (χ3v) is 6.71. The first-order valence-corrected chi connectivity index (χ1v) is 11.4. The number of fused-ring (bicyclic) bond motifs is 1. The fourth-order valence-electron chi connectivity index (χ4n) is 3.99. The third-order valence-electron chi connectivity index (χ3n) is 5.73. The van der Waals surface area contributed by atoms with Gasteiger partial charge in [0, 0.05) is 40.5 Å². The molecule has 2 aromatic carbocycles. The number of carbonyl (C=O) groups is 1. The Morgan fingerprint density at radius 3 is 2.60 bits per heavy atom. The molecule has 0 unspecified atom stereocenters. The van der Waals surface area contributed by atoms with E-state index in [9.17, 15) is 4.79 Å². The molecule has 2 heterocycles. The van der Waals surface area contributed by atoms with Crippen LogP contribution in [0.4, 0.5) is 0 Å². The molecule has 5 rings (SSSR count). The van der Waals surface area contributed by atoms with Crippen LogP contribution in [0.25, 0.3) is 10.9 Å². The molecular weight excluding hydrogens is 390 g/mol. The number of H-pyrrole nitrogens is 1. The molecule has 2 aromatic heterocycles. The summed E-state index contributed by atoms with van der Waals surface area (Å²) in [6.45, 7) is 0.681. The minimum Gasteiger partial charge on any atom is -0.361 e. The minimum atomic E-state index is -0.362. The first-order chi connectivity index (χ1) is 14.8. The molecule has 1 amide bonds. The Morgan fingerprint density at radius 1 is 1.03 bits per heavy atom. The molecule has 0 bridgehead atoms. The Bertz CT molecular complexity index is 1120. The Labute approximate surface area is 180 Å². The number of nitrogens with one attached hydrogen (secondary N) is 3. The van der Waals surface area contributed by atoms with Gasteiger partial charge in [0.15, 0.2) is 0 Å². The highest BCUT2D eigenvalue weighted by Crippen LogP contribution is 2.33. The van der Waals surface area contributed by atoms with E-state index in [1.807, 2.05) is 30.3 Å². The quantitative estimate of drug-likeness (QED) is 0.380. The van der Waals surface area contributed by atoms with Gasteiger partial charge in [-0.15, -0.1) is 11.3 Å². The lowest BCUT2D eigenvalue weighted by atomic mass is 9.95. The lowest BCUT2D eigenvalue weighted by molar-refractivity contribution is -0.123. The molecule has 4 nitrogen and oxygen atoms in total. The maximum absolute atomic E-state index is 13.0. The van der Waals surface area contributed by atoms with E-state index in [4.69, 9.17) is 0 Å². The van der Waals surface area contributed by atoms with E-state index >= 15 is 0 Å². The van der Waals surface area contributed by atoms with E-state index in [1.54, 1.807) is 11.3 Å². The zero-order valence-corrected chi connectivity index (χ0v) is 17.5. The van der Waals surface area contributed by atoms with Crippen molar-refractivity contribution in [2.24, 2.45) is 0 Å². The summed E-state index contributed by atoms with van der Waals surface area (Å²) in [5.41, 5.74) is 3.40. The first kappa shape index (κ1) is 19.1. The van der Waals surface area contributed by atoms with E-state index in [0.29, 0.717) is 12.6 Å². The van der Waals surface area contributed by atoms with Crippen LogP contribution in [0.5, 0.6) is 0 Å².